The van der Waals surface area contributed by atoms with Crippen LogP contribution in [0, 0.1) is 0 Å². The smallest absolute Gasteiger partial charge is 0.262 e. The standard InChI is InChI=1S/C20H24N2O6S/c1-4-10-27-17-9-8-15(13-23)19(12-17)28-14-20(24)21-16-6-5-7-18(11-16)29(25,26)22(2)3/h5-9,11-13H,4,10,14H2,1-3H3,(H,21,24). The minimum absolute atomic E-state index is 0.0604. The molecule has 1 amide bonds. The molecule has 0 unspecified atom stereocenters. The van der Waals surface area contributed by atoms with Gasteiger partial charge in [-0.05, 0) is 36.8 Å². The van der Waals surface area contributed by atoms with Crippen molar-refractivity contribution in [2.75, 3.05) is 32.6 Å². The van der Waals surface area contributed by atoms with Crippen LogP contribution in [0.15, 0.2) is 47.4 Å². The average molecular weight is 420 g/mol. The van der Waals surface area contributed by atoms with Gasteiger partial charge >= 0.3 is 0 Å². The van der Waals surface area contributed by atoms with Crippen LogP contribution in [-0.4, -0.2) is 52.2 Å². The molecule has 156 valence electrons. The van der Waals surface area contributed by atoms with Crippen molar-refractivity contribution >= 4 is 27.9 Å². The van der Waals surface area contributed by atoms with E-state index in [1.165, 1.54) is 32.3 Å². The molecule has 0 spiro atoms. The molecule has 0 bridgehead atoms. The predicted molar refractivity (Wildman–Crippen MR) is 109 cm³/mol. The van der Waals surface area contributed by atoms with E-state index in [2.05, 4.69) is 5.32 Å². The Hall–Kier alpha value is -2.91. The molecule has 1 N–H and O–H groups in total. The number of benzene rings is 2. The number of nitrogens with one attached hydrogen (secondary N) is 1. The van der Waals surface area contributed by atoms with E-state index in [9.17, 15) is 18.0 Å². The third-order valence-electron chi connectivity index (χ3n) is 3.84. The molecule has 29 heavy (non-hydrogen) atoms. The van der Waals surface area contributed by atoms with Gasteiger partial charge in [-0.1, -0.05) is 13.0 Å². The van der Waals surface area contributed by atoms with Gasteiger partial charge in [0, 0.05) is 25.8 Å². The summed E-state index contributed by atoms with van der Waals surface area (Å²) in [5.41, 5.74) is 0.609. The van der Waals surface area contributed by atoms with Gasteiger partial charge in [0.15, 0.2) is 12.9 Å². The summed E-state index contributed by atoms with van der Waals surface area (Å²) < 4.78 is 36.5. The number of ether oxygens (including phenoxy) is 2. The van der Waals surface area contributed by atoms with E-state index < -0.39 is 15.9 Å². The largest absolute Gasteiger partial charge is 0.493 e. The normalized spacial score (nSPS) is 11.2. The molecule has 0 saturated carbocycles. The first kappa shape index (κ1) is 22.4. The van der Waals surface area contributed by atoms with Crippen molar-refractivity contribution in [2.24, 2.45) is 0 Å². The van der Waals surface area contributed by atoms with Crippen molar-refractivity contribution in [1.29, 1.82) is 0 Å². The van der Waals surface area contributed by atoms with Crippen LogP contribution in [0.3, 0.4) is 0 Å². The summed E-state index contributed by atoms with van der Waals surface area (Å²) >= 11 is 0. The van der Waals surface area contributed by atoms with Gasteiger partial charge in [0.2, 0.25) is 10.0 Å². The molecule has 2 aromatic carbocycles. The Kier molecular flexibility index (Phi) is 7.74. The van der Waals surface area contributed by atoms with Gasteiger partial charge in [-0.15, -0.1) is 0 Å². The third kappa shape index (κ3) is 6.03. The molecule has 0 atom stereocenters. The van der Waals surface area contributed by atoms with Gasteiger partial charge in [-0.2, -0.15) is 0 Å². The van der Waals surface area contributed by atoms with Crippen LogP contribution >= 0.6 is 0 Å². The molecule has 2 rings (SSSR count). The second-order valence-corrected chi connectivity index (χ2v) is 8.47. The van der Waals surface area contributed by atoms with E-state index in [1.807, 2.05) is 6.92 Å². The Balaban J connectivity index is 2.06. The van der Waals surface area contributed by atoms with Crippen LogP contribution in [0.5, 0.6) is 11.5 Å². The second-order valence-electron chi connectivity index (χ2n) is 6.32. The molecule has 9 heteroatoms. The number of anilines is 1. The maximum atomic E-state index is 12.2. The van der Waals surface area contributed by atoms with Crippen LogP contribution in [0.4, 0.5) is 5.69 Å². The maximum absolute atomic E-state index is 12.2. The molecule has 0 heterocycles. The number of hydrogen-bond acceptors (Lipinski definition) is 6. The third-order valence-corrected chi connectivity index (χ3v) is 5.65. The summed E-state index contributed by atoms with van der Waals surface area (Å²) in [5, 5.41) is 2.58. The summed E-state index contributed by atoms with van der Waals surface area (Å²) in [4.78, 5) is 23.5. The van der Waals surface area contributed by atoms with Crippen molar-refractivity contribution in [3.63, 3.8) is 0 Å². The zero-order valence-corrected chi connectivity index (χ0v) is 17.4. The Morgan fingerprint density at radius 1 is 1.14 bits per heavy atom. The van der Waals surface area contributed by atoms with Crippen molar-refractivity contribution in [2.45, 2.75) is 18.2 Å². The lowest BCUT2D eigenvalue weighted by Gasteiger charge is -2.13. The molecule has 0 aliphatic heterocycles. The molecule has 0 saturated heterocycles. The predicted octanol–water partition coefficient (Wildman–Crippen LogP) is 2.56. The van der Waals surface area contributed by atoms with Gasteiger partial charge in [0.05, 0.1) is 17.1 Å². The van der Waals surface area contributed by atoms with Crippen molar-refractivity contribution < 1.29 is 27.5 Å². The van der Waals surface area contributed by atoms with Gasteiger partial charge in [0.1, 0.15) is 11.5 Å². The lowest BCUT2D eigenvalue weighted by molar-refractivity contribution is -0.118. The van der Waals surface area contributed by atoms with E-state index in [-0.39, 0.29) is 17.3 Å². The first-order valence-corrected chi connectivity index (χ1v) is 10.4. The Morgan fingerprint density at radius 2 is 1.90 bits per heavy atom. The van der Waals surface area contributed by atoms with E-state index in [0.717, 1.165) is 10.7 Å². The Labute approximate surface area is 170 Å². The van der Waals surface area contributed by atoms with Gasteiger partial charge in [-0.25, -0.2) is 12.7 Å². The molecule has 0 aromatic heterocycles. The quantitative estimate of drug-likeness (QED) is 0.593. The van der Waals surface area contributed by atoms with E-state index in [1.54, 1.807) is 24.3 Å². The summed E-state index contributed by atoms with van der Waals surface area (Å²) in [5.74, 6) is 0.267. The van der Waals surface area contributed by atoms with Crippen LogP contribution in [0.1, 0.15) is 23.7 Å². The van der Waals surface area contributed by atoms with Crippen LogP contribution in [0.25, 0.3) is 0 Å². The SMILES string of the molecule is CCCOc1ccc(C=O)c(OCC(=O)Nc2cccc(S(=O)(=O)N(C)C)c2)c1. The number of amides is 1. The molecule has 8 nitrogen and oxygen atoms in total. The minimum Gasteiger partial charge on any atom is -0.493 e. The van der Waals surface area contributed by atoms with Crippen LogP contribution in [-0.2, 0) is 14.8 Å². The van der Waals surface area contributed by atoms with Crippen LogP contribution < -0.4 is 14.8 Å². The first-order chi connectivity index (χ1) is 13.8. The van der Waals surface area contributed by atoms with E-state index in [0.29, 0.717) is 29.9 Å². The highest BCUT2D eigenvalue weighted by molar-refractivity contribution is 7.89. The molecular formula is C20H24N2O6S. The Morgan fingerprint density at radius 3 is 2.55 bits per heavy atom. The monoisotopic (exact) mass is 420 g/mol. The van der Waals surface area contributed by atoms with Crippen molar-refractivity contribution in [3.05, 3.63) is 48.0 Å². The molecule has 0 aliphatic carbocycles. The van der Waals surface area contributed by atoms with Gasteiger partial charge in [0.25, 0.3) is 5.91 Å². The summed E-state index contributed by atoms with van der Waals surface area (Å²) in [6.45, 7) is 2.13. The fraction of sp³-hybridized carbons (Fsp3) is 0.300. The number of carbonyl (C=O) groups excluding carboxylic acids is 2. The molecule has 0 aliphatic rings. The number of aldehydes is 1. The minimum atomic E-state index is -3.61. The van der Waals surface area contributed by atoms with Crippen molar-refractivity contribution in [3.8, 4) is 11.5 Å². The molecule has 0 fully saturated rings. The number of nitrogens with zero attached hydrogens (tertiary/aromatic N) is 1. The highest BCUT2D eigenvalue weighted by Crippen LogP contribution is 2.24. The molecule has 0 radical (unpaired) electrons. The van der Waals surface area contributed by atoms with Crippen molar-refractivity contribution in [1.82, 2.24) is 4.31 Å². The van der Waals surface area contributed by atoms with Gasteiger partial charge < -0.3 is 14.8 Å². The second kappa shape index (κ2) is 10.0. The summed E-state index contributed by atoms with van der Waals surface area (Å²) in [6.07, 6.45) is 1.46. The van der Waals surface area contributed by atoms with Crippen LogP contribution in [0.2, 0.25) is 0 Å². The summed E-state index contributed by atoms with van der Waals surface area (Å²) in [6, 6.07) is 10.7. The van der Waals surface area contributed by atoms with E-state index >= 15 is 0 Å². The zero-order chi connectivity index (χ0) is 21.4. The number of rotatable bonds is 10. The lowest BCUT2D eigenvalue weighted by Crippen LogP contribution is -2.23. The number of carbonyl (C=O) groups is 2. The van der Waals surface area contributed by atoms with E-state index in [4.69, 9.17) is 9.47 Å². The molecule has 2 aromatic rings. The maximum Gasteiger partial charge on any atom is 0.262 e. The fourth-order valence-electron chi connectivity index (χ4n) is 2.33. The highest BCUT2D eigenvalue weighted by atomic mass is 32.2. The van der Waals surface area contributed by atoms with Gasteiger partial charge in [-0.3, -0.25) is 9.59 Å². The number of sulfonamides is 1. The Bertz CT molecular complexity index is 973. The zero-order valence-electron chi connectivity index (χ0n) is 16.5. The number of hydrogen-bond donors (Lipinski definition) is 1. The highest BCUT2D eigenvalue weighted by Gasteiger charge is 2.17. The fourth-order valence-corrected chi connectivity index (χ4v) is 3.28. The summed E-state index contributed by atoms with van der Waals surface area (Å²) in [7, 11) is -0.758. The topological polar surface area (TPSA) is 102 Å². The first-order valence-electron chi connectivity index (χ1n) is 8.95. The molecular weight excluding hydrogens is 396 g/mol. The lowest BCUT2D eigenvalue weighted by atomic mass is 10.2. The average Bonchev–Trinajstić information content (AvgIpc) is 2.70.